The standard InChI is InChI=1S/C17H24FNO3/c1-5-21-14-10-9-13(15(18)12-14)8-6-7-11-19-16(20)22-17(2,3)4/h6,8-10,12H,5,7,11H2,1-4H3,(H,19,20). The summed E-state index contributed by atoms with van der Waals surface area (Å²) < 4.78 is 24.1. The minimum atomic E-state index is -0.509. The average Bonchev–Trinajstić information content (AvgIpc) is 2.39. The summed E-state index contributed by atoms with van der Waals surface area (Å²) in [5.74, 6) is 0.186. The van der Waals surface area contributed by atoms with Crippen LogP contribution >= 0.6 is 0 Å². The number of hydrogen-bond donors (Lipinski definition) is 1. The molecular formula is C17H24FNO3. The molecule has 1 aromatic rings. The van der Waals surface area contributed by atoms with E-state index in [1.54, 1.807) is 45.1 Å². The van der Waals surface area contributed by atoms with Gasteiger partial charge in [0.05, 0.1) is 6.61 Å². The van der Waals surface area contributed by atoms with Crippen LogP contribution in [0.15, 0.2) is 24.3 Å². The third-order valence-electron chi connectivity index (χ3n) is 2.56. The lowest BCUT2D eigenvalue weighted by Crippen LogP contribution is -2.32. The van der Waals surface area contributed by atoms with Crippen molar-refractivity contribution in [3.05, 3.63) is 35.7 Å². The zero-order valence-corrected chi connectivity index (χ0v) is 13.6. The van der Waals surface area contributed by atoms with Crippen LogP contribution in [0.3, 0.4) is 0 Å². The molecule has 1 aromatic carbocycles. The molecule has 122 valence electrons. The fourth-order valence-electron chi connectivity index (χ4n) is 1.68. The van der Waals surface area contributed by atoms with Crippen molar-refractivity contribution in [2.24, 2.45) is 0 Å². The molecule has 4 nitrogen and oxygen atoms in total. The van der Waals surface area contributed by atoms with E-state index in [0.29, 0.717) is 30.9 Å². The van der Waals surface area contributed by atoms with Crippen molar-refractivity contribution < 1.29 is 18.7 Å². The molecule has 0 spiro atoms. The first-order valence-electron chi connectivity index (χ1n) is 7.37. The summed E-state index contributed by atoms with van der Waals surface area (Å²) in [6.45, 7) is 8.21. The summed E-state index contributed by atoms with van der Waals surface area (Å²) in [5, 5.41) is 2.64. The molecule has 1 amide bonds. The summed E-state index contributed by atoms with van der Waals surface area (Å²) in [5.41, 5.74) is -0.0218. The Morgan fingerprint density at radius 1 is 1.36 bits per heavy atom. The highest BCUT2D eigenvalue weighted by Gasteiger charge is 2.15. The first-order valence-corrected chi connectivity index (χ1v) is 7.37. The van der Waals surface area contributed by atoms with Gasteiger partial charge in [0.1, 0.15) is 17.2 Å². The molecule has 0 aliphatic rings. The average molecular weight is 309 g/mol. The van der Waals surface area contributed by atoms with Crippen LogP contribution in [-0.4, -0.2) is 24.8 Å². The maximum absolute atomic E-state index is 13.8. The van der Waals surface area contributed by atoms with Crippen LogP contribution in [0.5, 0.6) is 5.75 Å². The molecule has 0 aromatic heterocycles. The molecule has 0 saturated carbocycles. The molecule has 0 radical (unpaired) electrons. The van der Waals surface area contributed by atoms with Crippen molar-refractivity contribution in [2.45, 2.75) is 39.7 Å². The van der Waals surface area contributed by atoms with E-state index >= 15 is 0 Å². The molecule has 1 rings (SSSR count). The van der Waals surface area contributed by atoms with Crippen molar-refractivity contribution in [3.63, 3.8) is 0 Å². The third-order valence-corrected chi connectivity index (χ3v) is 2.56. The predicted molar refractivity (Wildman–Crippen MR) is 85.5 cm³/mol. The van der Waals surface area contributed by atoms with Gasteiger partial charge in [-0.25, -0.2) is 9.18 Å². The van der Waals surface area contributed by atoms with E-state index < -0.39 is 11.7 Å². The van der Waals surface area contributed by atoms with E-state index in [9.17, 15) is 9.18 Å². The number of ether oxygens (including phenoxy) is 2. The van der Waals surface area contributed by atoms with Crippen LogP contribution in [0.4, 0.5) is 9.18 Å². The van der Waals surface area contributed by atoms with Crippen molar-refractivity contribution in [3.8, 4) is 5.75 Å². The van der Waals surface area contributed by atoms with Crippen LogP contribution in [-0.2, 0) is 4.74 Å². The number of hydrogen-bond acceptors (Lipinski definition) is 3. The van der Waals surface area contributed by atoms with E-state index in [4.69, 9.17) is 9.47 Å². The molecule has 0 aliphatic carbocycles. The smallest absolute Gasteiger partial charge is 0.407 e. The Kier molecular flexibility index (Phi) is 6.89. The summed E-state index contributed by atoms with van der Waals surface area (Å²) in [6.07, 6.45) is 3.62. The van der Waals surface area contributed by atoms with Gasteiger partial charge in [-0.2, -0.15) is 0 Å². The van der Waals surface area contributed by atoms with Crippen LogP contribution in [0.25, 0.3) is 6.08 Å². The number of rotatable bonds is 6. The number of carbonyl (C=O) groups excluding carboxylic acids is 1. The Balaban J connectivity index is 2.39. The molecule has 0 heterocycles. The van der Waals surface area contributed by atoms with Crippen molar-refractivity contribution >= 4 is 12.2 Å². The molecule has 0 saturated heterocycles. The summed E-state index contributed by atoms with van der Waals surface area (Å²) >= 11 is 0. The SMILES string of the molecule is CCOc1ccc(C=CCCNC(=O)OC(C)(C)C)c(F)c1. The van der Waals surface area contributed by atoms with E-state index in [2.05, 4.69) is 5.32 Å². The van der Waals surface area contributed by atoms with Crippen molar-refractivity contribution in [1.82, 2.24) is 5.32 Å². The summed E-state index contributed by atoms with van der Waals surface area (Å²) in [4.78, 5) is 11.4. The van der Waals surface area contributed by atoms with E-state index in [-0.39, 0.29) is 5.82 Å². The molecular weight excluding hydrogens is 285 g/mol. The normalized spacial score (nSPS) is 11.5. The lowest BCUT2D eigenvalue weighted by atomic mass is 10.2. The first-order chi connectivity index (χ1) is 10.3. The predicted octanol–water partition coefficient (Wildman–Crippen LogP) is 4.15. The van der Waals surface area contributed by atoms with Gasteiger partial charge in [0.15, 0.2) is 0 Å². The summed E-state index contributed by atoms with van der Waals surface area (Å²) in [7, 11) is 0. The second-order valence-electron chi connectivity index (χ2n) is 5.74. The minimum Gasteiger partial charge on any atom is -0.494 e. The van der Waals surface area contributed by atoms with E-state index in [1.165, 1.54) is 6.07 Å². The maximum atomic E-state index is 13.8. The largest absolute Gasteiger partial charge is 0.494 e. The Hall–Kier alpha value is -2.04. The van der Waals surface area contributed by atoms with Crippen LogP contribution < -0.4 is 10.1 Å². The highest BCUT2D eigenvalue weighted by Crippen LogP contribution is 2.17. The second kappa shape index (κ2) is 8.41. The molecule has 22 heavy (non-hydrogen) atoms. The minimum absolute atomic E-state index is 0.331. The van der Waals surface area contributed by atoms with Crippen molar-refractivity contribution in [1.29, 1.82) is 0 Å². The topological polar surface area (TPSA) is 47.6 Å². The Labute approximate surface area is 131 Å². The highest BCUT2D eigenvalue weighted by atomic mass is 19.1. The van der Waals surface area contributed by atoms with Crippen molar-refractivity contribution in [2.75, 3.05) is 13.2 Å². The summed E-state index contributed by atoms with van der Waals surface area (Å²) in [6, 6.07) is 4.76. The monoisotopic (exact) mass is 309 g/mol. The van der Waals surface area contributed by atoms with E-state index in [1.807, 2.05) is 6.92 Å². The third kappa shape index (κ3) is 7.11. The number of halogens is 1. The van der Waals surface area contributed by atoms with Gasteiger partial charge in [0.2, 0.25) is 0 Å². The molecule has 1 N–H and O–H groups in total. The quantitative estimate of drug-likeness (QED) is 0.803. The zero-order chi connectivity index (χ0) is 16.6. The number of amides is 1. The van der Waals surface area contributed by atoms with E-state index in [0.717, 1.165) is 0 Å². The molecule has 0 bridgehead atoms. The molecule has 0 atom stereocenters. The lowest BCUT2D eigenvalue weighted by molar-refractivity contribution is 0.0529. The Bertz CT molecular complexity index is 521. The fraction of sp³-hybridized carbons (Fsp3) is 0.471. The molecule has 0 fully saturated rings. The lowest BCUT2D eigenvalue weighted by Gasteiger charge is -2.19. The zero-order valence-electron chi connectivity index (χ0n) is 13.6. The molecule has 5 heteroatoms. The number of alkyl carbamates (subject to hydrolysis) is 1. The fourth-order valence-corrected chi connectivity index (χ4v) is 1.68. The number of carbonyl (C=O) groups is 1. The van der Waals surface area contributed by atoms with Gasteiger partial charge in [-0.1, -0.05) is 12.2 Å². The van der Waals surface area contributed by atoms with Crippen LogP contribution in [0, 0.1) is 5.82 Å². The van der Waals surface area contributed by atoms with Crippen LogP contribution in [0.1, 0.15) is 39.7 Å². The molecule has 0 unspecified atom stereocenters. The highest BCUT2D eigenvalue weighted by molar-refractivity contribution is 5.67. The molecule has 0 aliphatic heterocycles. The van der Waals surface area contributed by atoms with Gasteiger partial charge in [-0.15, -0.1) is 0 Å². The first kappa shape index (κ1) is 18.0. The number of nitrogens with one attached hydrogen (secondary N) is 1. The van der Waals surface area contributed by atoms with Gasteiger partial charge in [0, 0.05) is 18.2 Å². The van der Waals surface area contributed by atoms with Gasteiger partial charge >= 0.3 is 6.09 Å². The Morgan fingerprint density at radius 2 is 2.09 bits per heavy atom. The Morgan fingerprint density at radius 3 is 2.68 bits per heavy atom. The maximum Gasteiger partial charge on any atom is 0.407 e. The van der Waals surface area contributed by atoms with Gasteiger partial charge in [-0.05, 0) is 46.2 Å². The van der Waals surface area contributed by atoms with Gasteiger partial charge in [0.25, 0.3) is 0 Å². The number of benzene rings is 1. The van der Waals surface area contributed by atoms with Crippen LogP contribution in [0.2, 0.25) is 0 Å². The van der Waals surface area contributed by atoms with Gasteiger partial charge < -0.3 is 14.8 Å². The second-order valence-corrected chi connectivity index (χ2v) is 5.74. The van der Waals surface area contributed by atoms with Gasteiger partial charge in [-0.3, -0.25) is 0 Å².